The molecule has 0 aromatic heterocycles. The zero-order valence-electron chi connectivity index (χ0n) is 17.2. The molecule has 0 bridgehead atoms. The zero-order valence-corrected chi connectivity index (χ0v) is 17.2. The summed E-state index contributed by atoms with van der Waals surface area (Å²) in [7, 11) is 0. The van der Waals surface area contributed by atoms with Crippen molar-refractivity contribution >= 4 is 5.78 Å². The molecule has 0 spiro atoms. The van der Waals surface area contributed by atoms with E-state index in [0.717, 1.165) is 12.2 Å². The van der Waals surface area contributed by atoms with Crippen LogP contribution in [0, 0.1) is 5.92 Å². The number of hydrogen-bond donors (Lipinski definition) is 0. The van der Waals surface area contributed by atoms with E-state index in [-0.39, 0.29) is 23.7 Å². The summed E-state index contributed by atoms with van der Waals surface area (Å²) in [6, 6.07) is 16.9. The molecule has 2 rings (SSSR count). The van der Waals surface area contributed by atoms with Gasteiger partial charge in [0.15, 0.2) is 5.78 Å². The molecule has 0 saturated carbocycles. The Hall–Kier alpha value is -2.13. The van der Waals surface area contributed by atoms with E-state index in [0.29, 0.717) is 13.2 Å². The molecule has 146 valence electrons. The van der Waals surface area contributed by atoms with Gasteiger partial charge in [0.05, 0.1) is 6.61 Å². The van der Waals surface area contributed by atoms with E-state index in [1.54, 1.807) is 0 Å². The third kappa shape index (κ3) is 6.21. The highest BCUT2D eigenvalue weighted by molar-refractivity contribution is 5.81. The van der Waals surface area contributed by atoms with Crippen LogP contribution in [0.2, 0.25) is 0 Å². The van der Waals surface area contributed by atoms with Gasteiger partial charge in [0, 0.05) is 5.92 Å². The maximum atomic E-state index is 11.5. The zero-order chi connectivity index (χ0) is 19.9. The lowest BCUT2D eigenvalue weighted by Crippen LogP contribution is -2.17. The van der Waals surface area contributed by atoms with Gasteiger partial charge in [0.1, 0.15) is 19.0 Å². The third-order valence-electron chi connectivity index (χ3n) is 5.12. The average Bonchev–Trinajstić information content (AvgIpc) is 2.68. The lowest BCUT2D eigenvalue weighted by Gasteiger charge is -2.23. The first-order valence-electron chi connectivity index (χ1n) is 9.77. The maximum absolute atomic E-state index is 11.5. The van der Waals surface area contributed by atoms with Gasteiger partial charge in [-0.05, 0) is 40.7 Å². The second-order valence-electron chi connectivity index (χ2n) is 7.86. The highest BCUT2D eigenvalue weighted by Gasteiger charge is 2.17. The fourth-order valence-corrected chi connectivity index (χ4v) is 2.62. The Morgan fingerprint density at radius 3 is 2.00 bits per heavy atom. The number of ketones is 1. The van der Waals surface area contributed by atoms with Gasteiger partial charge >= 0.3 is 0 Å². The minimum atomic E-state index is 0.0144. The summed E-state index contributed by atoms with van der Waals surface area (Å²) in [4.78, 5) is 11.5. The first kappa shape index (κ1) is 21.2. The van der Waals surface area contributed by atoms with Gasteiger partial charge < -0.3 is 9.47 Å². The largest absolute Gasteiger partial charge is 0.491 e. The standard InChI is InChI=1S/C24H32O3/c1-6-24(4,5)21-11-7-19(8-12-21)20-9-13-22(14-10-20)27-16-15-26-17-23(25)18(2)3/h7-14,18H,6,15-17H2,1-5H3. The van der Waals surface area contributed by atoms with Crippen molar-refractivity contribution in [1.82, 2.24) is 0 Å². The number of Topliss-reactive ketones (excluding diaryl/α,β-unsaturated/α-hetero) is 1. The molecule has 2 aromatic carbocycles. The SMILES string of the molecule is CCC(C)(C)c1ccc(-c2ccc(OCCOCC(=O)C(C)C)cc2)cc1. The highest BCUT2D eigenvalue weighted by atomic mass is 16.5. The molecule has 0 amide bonds. The molecule has 0 aliphatic carbocycles. The van der Waals surface area contributed by atoms with Crippen molar-refractivity contribution in [2.24, 2.45) is 5.92 Å². The number of hydrogen-bond acceptors (Lipinski definition) is 3. The third-order valence-corrected chi connectivity index (χ3v) is 5.12. The Balaban J connectivity index is 1.85. The van der Waals surface area contributed by atoms with Crippen LogP contribution in [0.1, 0.15) is 46.6 Å². The Bertz CT molecular complexity index is 712. The van der Waals surface area contributed by atoms with Crippen molar-refractivity contribution in [2.75, 3.05) is 19.8 Å². The summed E-state index contributed by atoms with van der Waals surface area (Å²) in [6.07, 6.45) is 1.12. The molecule has 0 aliphatic rings. The second kappa shape index (κ2) is 9.70. The van der Waals surface area contributed by atoms with Crippen molar-refractivity contribution in [3.8, 4) is 16.9 Å². The van der Waals surface area contributed by atoms with Gasteiger partial charge in [-0.15, -0.1) is 0 Å². The molecule has 0 atom stereocenters. The Labute approximate surface area is 163 Å². The van der Waals surface area contributed by atoms with Crippen molar-refractivity contribution in [3.05, 3.63) is 54.1 Å². The lowest BCUT2D eigenvalue weighted by atomic mass is 9.82. The molecule has 0 fully saturated rings. The number of ether oxygens (including phenoxy) is 2. The van der Waals surface area contributed by atoms with E-state index >= 15 is 0 Å². The first-order chi connectivity index (χ1) is 12.8. The van der Waals surface area contributed by atoms with Gasteiger partial charge in [-0.25, -0.2) is 0 Å². The smallest absolute Gasteiger partial charge is 0.160 e. The van der Waals surface area contributed by atoms with Crippen LogP contribution < -0.4 is 4.74 Å². The molecule has 0 radical (unpaired) electrons. The van der Waals surface area contributed by atoms with Crippen LogP contribution in [0.15, 0.2) is 48.5 Å². The molecule has 0 N–H and O–H groups in total. The van der Waals surface area contributed by atoms with Crippen LogP contribution in [0.3, 0.4) is 0 Å². The van der Waals surface area contributed by atoms with E-state index in [1.165, 1.54) is 16.7 Å². The molecule has 0 saturated heterocycles. The number of carbonyl (C=O) groups excluding carboxylic acids is 1. The fourth-order valence-electron chi connectivity index (χ4n) is 2.62. The number of benzene rings is 2. The maximum Gasteiger partial charge on any atom is 0.160 e. The van der Waals surface area contributed by atoms with Crippen molar-refractivity contribution < 1.29 is 14.3 Å². The van der Waals surface area contributed by atoms with Crippen molar-refractivity contribution in [1.29, 1.82) is 0 Å². The monoisotopic (exact) mass is 368 g/mol. The van der Waals surface area contributed by atoms with E-state index < -0.39 is 0 Å². The summed E-state index contributed by atoms with van der Waals surface area (Å²) >= 11 is 0. The van der Waals surface area contributed by atoms with Crippen molar-refractivity contribution in [2.45, 2.75) is 46.5 Å². The molecule has 27 heavy (non-hydrogen) atoms. The fraction of sp³-hybridized carbons (Fsp3) is 0.458. The Morgan fingerprint density at radius 1 is 0.926 bits per heavy atom. The predicted molar refractivity (Wildman–Crippen MR) is 111 cm³/mol. The van der Waals surface area contributed by atoms with Gasteiger partial charge in [0.2, 0.25) is 0 Å². The van der Waals surface area contributed by atoms with Crippen LogP contribution in [0.25, 0.3) is 11.1 Å². The number of carbonyl (C=O) groups is 1. The summed E-state index contributed by atoms with van der Waals surface area (Å²) in [5.41, 5.74) is 3.94. The summed E-state index contributed by atoms with van der Waals surface area (Å²) < 4.78 is 11.0. The molecule has 3 nitrogen and oxygen atoms in total. The molecule has 2 aromatic rings. The van der Waals surface area contributed by atoms with Crippen LogP contribution in [0.5, 0.6) is 5.75 Å². The predicted octanol–water partition coefficient (Wildman–Crippen LogP) is 5.66. The Kier molecular flexibility index (Phi) is 7.61. The van der Waals surface area contributed by atoms with Gasteiger partial charge in [-0.2, -0.15) is 0 Å². The van der Waals surface area contributed by atoms with Gasteiger partial charge in [-0.1, -0.05) is 71.0 Å². The number of rotatable bonds is 10. The normalized spacial score (nSPS) is 11.6. The van der Waals surface area contributed by atoms with Crippen LogP contribution in [0.4, 0.5) is 0 Å². The second-order valence-corrected chi connectivity index (χ2v) is 7.86. The van der Waals surface area contributed by atoms with Gasteiger partial charge in [0.25, 0.3) is 0 Å². The van der Waals surface area contributed by atoms with E-state index in [2.05, 4.69) is 57.2 Å². The molecule has 0 heterocycles. The average molecular weight is 369 g/mol. The summed E-state index contributed by atoms with van der Waals surface area (Å²) in [5, 5.41) is 0. The summed E-state index contributed by atoms with van der Waals surface area (Å²) in [5.74, 6) is 0.939. The van der Waals surface area contributed by atoms with Crippen LogP contribution in [-0.4, -0.2) is 25.6 Å². The minimum absolute atomic E-state index is 0.0144. The van der Waals surface area contributed by atoms with Gasteiger partial charge in [-0.3, -0.25) is 4.79 Å². The molecule has 0 aliphatic heterocycles. The van der Waals surface area contributed by atoms with E-state index in [9.17, 15) is 4.79 Å². The van der Waals surface area contributed by atoms with Crippen LogP contribution >= 0.6 is 0 Å². The van der Waals surface area contributed by atoms with Crippen molar-refractivity contribution in [3.63, 3.8) is 0 Å². The van der Waals surface area contributed by atoms with E-state index in [1.807, 2.05) is 26.0 Å². The minimum Gasteiger partial charge on any atom is -0.491 e. The highest BCUT2D eigenvalue weighted by Crippen LogP contribution is 2.29. The molecule has 0 unspecified atom stereocenters. The Morgan fingerprint density at radius 2 is 1.48 bits per heavy atom. The summed E-state index contributed by atoms with van der Waals surface area (Å²) in [6.45, 7) is 11.5. The molecular weight excluding hydrogens is 336 g/mol. The molecular formula is C24H32O3. The first-order valence-corrected chi connectivity index (χ1v) is 9.77. The van der Waals surface area contributed by atoms with Crippen LogP contribution in [-0.2, 0) is 14.9 Å². The van der Waals surface area contributed by atoms with E-state index in [4.69, 9.17) is 9.47 Å². The quantitative estimate of drug-likeness (QED) is 0.508. The molecule has 3 heteroatoms. The lowest BCUT2D eigenvalue weighted by molar-refractivity contribution is -0.126. The topological polar surface area (TPSA) is 35.5 Å².